The molecule has 5 aromatic rings. The Balaban J connectivity index is 1.30. The van der Waals surface area contributed by atoms with Crippen LogP contribution in [0.5, 0.6) is 0 Å². The number of aromatic amines is 1. The molecule has 11 heteroatoms. The molecular weight excluding hydrogens is 475 g/mol. The van der Waals surface area contributed by atoms with Crippen molar-refractivity contribution in [3.05, 3.63) is 87.3 Å². The fourth-order valence-electron chi connectivity index (χ4n) is 3.50. The predicted molar refractivity (Wildman–Crippen MR) is 118 cm³/mol. The van der Waals surface area contributed by atoms with Gasteiger partial charge in [-0.1, -0.05) is 29.3 Å². The summed E-state index contributed by atoms with van der Waals surface area (Å²) in [4.78, 5) is 19.2. The average molecular weight is 488 g/mol. The molecule has 0 bridgehead atoms. The van der Waals surface area contributed by atoms with Crippen LogP contribution in [0.3, 0.4) is 0 Å². The number of nitrogens with zero attached hydrogens (tertiary/aromatic N) is 3. The summed E-state index contributed by atoms with van der Waals surface area (Å²) in [6.45, 7) is -0.108. The Bertz CT molecular complexity index is 1530. The SMILES string of the molecule is O=C(NCc1ccc2[nH]cc(Cl)c2c1F)c1nnc(Cc2cc(F)c3ncc(Cl)cc3c2)o1. The first kappa shape index (κ1) is 21.3. The summed E-state index contributed by atoms with van der Waals surface area (Å²) in [7, 11) is 0. The average Bonchev–Trinajstić information content (AvgIpc) is 3.40. The molecule has 1 amide bonds. The Hall–Kier alpha value is -3.56. The molecule has 0 atom stereocenters. The number of halogens is 4. The largest absolute Gasteiger partial charge is 0.417 e. The lowest BCUT2D eigenvalue weighted by Crippen LogP contribution is -2.23. The molecule has 3 heterocycles. The lowest BCUT2D eigenvalue weighted by atomic mass is 10.1. The Morgan fingerprint density at radius 3 is 2.85 bits per heavy atom. The zero-order chi connectivity index (χ0) is 23.1. The van der Waals surface area contributed by atoms with Crippen molar-refractivity contribution in [1.29, 1.82) is 0 Å². The van der Waals surface area contributed by atoms with Crippen LogP contribution in [0.25, 0.3) is 21.8 Å². The molecule has 7 nitrogen and oxygen atoms in total. The number of amides is 1. The highest BCUT2D eigenvalue weighted by Crippen LogP contribution is 2.28. The molecule has 2 aromatic carbocycles. The molecular formula is C22H13Cl2F2N5O2. The Morgan fingerprint density at radius 2 is 2.00 bits per heavy atom. The van der Waals surface area contributed by atoms with E-state index < -0.39 is 17.5 Å². The molecule has 5 rings (SSSR count). The second kappa shape index (κ2) is 8.42. The molecule has 0 fully saturated rings. The number of aromatic nitrogens is 4. The highest BCUT2D eigenvalue weighted by atomic mass is 35.5. The minimum absolute atomic E-state index is 0.0942. The van der Waals surface area contributed by atoms with Crippen LogP contribution in [0, 0.1) is 11.6 Å². The molecule has 0 spiro atoms. The third kappa shape index (κ3) is 4.12. The van der Waals surface area contributed by atoms with Crippen molar-refractivity contribution in [2.24, 2.45) is 0 Å². The van der Waals surface area contributed by atoms with Crippen LogP contribution in [0.15, 0.2) is 47.1 Å². The number of fused-ring (bicyclic) bond motifs is 2. The summed E-state index contributed by atoms with van der Waals surface area (Å²) >= 11 is 11.9. The van der Waals surface area contributed by atoms with Crippen LogP contribution >= 0.6 is 23.2 Å². The van der Waals surface area contributed by atoms with Gasteiger partial charge in [-0.2, -0.15) is 0 Å². The van der Waals surface area contributed by atoms with Crippen LogP contribution in [-0.4, -0.2) is 26.1 Å². The molecule has 33 heavy (non-hydrogen) atoms. The van der Waals surface area contributed by atoms with E-state index in [1.165, 1.54) is 18.5 Å². The van der Waals surface area contributed by atoms with E-state index in [0.717, 1.165) is 0 Å². The Morgan fingerprint density at radius 1 is 1.15 bits per heavy atom. The highest BCUT2D eigenvalue weighted by molar-refractivity contribution is 6.35. The van der Waals surface area contributed by atoms with Crippen molar-refractivity contribution in [2.45, 2.75) is 13.0 Å². The number of pyridine rings is 1. The van der Waals surface area contributed by atoms with Gasteiger partial charge in [-0.05, 0) is 29.8 Å². The maximum absolute atomic E-state index is 14.7. The summed E-state index contributed by atoms with van der Waals surface area (Å²) in [5, 5.41) is 11.5. The Kier molecular flexibility index (Phi) is 5.43. The fraction of sp³-hybridized carbons (Fsp3) is 0.0909. The van der Waals surface area contributed by atoms with Gasteiger partial charge < -0.3 is 14.7 Å². The second-order valence-corrected chi connectivity index (χ2v) is 8.10. The third-order valence-corrected chi connectivity index (χ3v) is 5.54. The first-order valence-corrected chi connectivity index (χ1v) is 10.4. The van der Waals surface area contributed by atoms with E-state index in [1.807, 2.05) is 0 Å². The van der Waals surface area contributed by atoms with Crippen LogP contribution in [-0.2, 0) is 13.0 Å². The van der Waals surface area contributed by atoms with Crippen molar-refractivity contribution >= 4 is 50.9 Å². The molecule has 0 aliphatic carbocycles. The van der Waals surface area contributed by atoms with Crippen molar-refractivity contribution in [2.75, 3.05) is 0 Å². The standard InChI is InChI=1S/C22H13Cl2F2N5O2/c23-13-6-12-3-10(4-15(25)20(12)28-8-13)5-17-30-31-22(33-17)21(32)29-7-11-1-2-16-18(19(11)26)14(24)9-27-16/h1-4,6,8-9,27H,5,7H2,(H,29,32). The fourth-order valence-corrected chi connectivity index (χ4v) is 3.91. The number of hydrogen-bond acceptors (Lipinski definition) is 5. The molecule has 0 unspecified atom stereocenters. The number of carbonyl (C=O) groups excluding carboxylic acids is 1. The zero-order valence-electron chi connectivity index (χ0n) is 16.6. The molecule has 3 aromatic heterocycles. The highest BCUT2D eigenvalue weighted by Gasteiger charge is 2.18. The number of carbonyl (C=O) groups is 1. The van der Waals surface area contributed by atoms with Gasteiger partial charge >= 0.3 is 11.8 Å². The monoisotopic (exact) mass is 487 g/mol. The third-order valence-electron chi connectivity index (χ3n) is 5.03. The van der Waals surface area contributed by atoms with Crippen molar-refractivity contribution in [1.82, 2.24) is 25.5 Å². The van der Waals surface area contributed by atoms with Gasteiger partial charge in [0.15, 0.2) is 0 Å². The van der Waals surface area contributed by atoms with Crippen LogP contribution < -0.4 is 5.32 Å². The number of rotatable bonds is 5. The van der Waals surface area contributed by atoms with E-state index in [1.54, 1.807) is 24.3 Å². The summed E-state index contributed by atoms with van der Waals surface area (Å²) in [6.07, 6.45) is 2.95. The summed E-state index contributed by atoms with van der Waals surface area (Å²) in [5.41, 5.74) is 1.53. The van der Waals surface area contributed by atoms with Gasteiger partial charge in [-0.3, -0.25) is 9.78 Å². The van der Waals surface area contributed by atoms with Crippen molar-refractivity contribution in [3.8, 4) is 0 Å². The van der Waals surface area contributed by atoms with E-state index in [0.29, 0.717) is 21.5 Å². The smallest absolute Gasteiger partial charge is 0.309 e. The zero-order valence-corrected chi connectivity index (χ0v) is 18.1. The molecule has 166 valence electrons. The molecule has 2 N–H and O–H groups in total. The van der Waals surface area contributed by atoms with Crippen LogP contribution in [0.2, 0.25) is 10.0 Å². The first-order chi connectivity index (χ1) is 15.9. The quantitative estimate of drug-likeness (QED) is 0.354. The maximum atomic E-state index is 14.7. The van der Waals surface area contributed by atoms with Gasteiger partial charge in [0.25, 0.3) is 0 Å². The molecule has 0 saturated heterocycles. The maximum Gasteiger partial charge on any atom is 0.309 e. The van der Waals surface area contributed by atoms with Gasteiger partial charge in [-0.25, -0.2) is 8.78 Å². The van der Waals surface area contributed by atoms with E-state index >= 15 is 0 Å². The molecule has 0 saturated carbocycles. The van der Waals surface area contributed by atoms with Crippen molar-refractivity contribution in [3.63, 3.8) is 0 Å². The number of nitrogens with one attached hydrogen (secondary N) is 2. The lowest BCUT2D eigenvalue weighted by Gasteiger charge is -2.05. The normalized spacial score (nSPS) is 11.4. The van der Waals surface area contributed by atoms with Crippen molar-refractivity contribution < 1.29 is 18.0 Å². The topological polar surface area (TPSA) is 96.7 Å². The number of hydrogen-bond donors (Lipinski definition) is 2. The predicted octanol–water partition coefficient (Wildman–Crippen LogP) is 5.20. The van der Waals surface area contributed by atoms with Crippen LogP contribution in [0.1, 0.15) is 27.7 Å². The van der Waals surface area contributed by atoms with E-state index in [4.69, 9.17) is 27.6 Å². The van der Waals surface area contributed by atoms with E-state index in [9.17, 15) is 13.6 Å². The molecule has 0 aliphatic heterocycles. The van der Waals surface area contributed by atoms with Gasteiger partial charge in [0.05, 0.1) is 21.9 Å². The number of H-pyrrole nitrogens is 1. The summed E-state index contributed by atoms with van der Waals surface area (Å²) in [6, 6.07) is 7.81. The lowest BCUT2D eigenvalue weighted by molar-refractivity contribution is 0.0914. The summed E-state index contributed by atoms with van der Waals surface area (Å²) in [5.74, 6) is -1.90. The van der Waals surface area contributed by atoms with E-state index in [-0.39, 0.29) is 46.2 Å². The van der Waals surface area contributed by atoms with Gasteiger partial charge in [-0.15, -0.1) is 10.2 Å². The van der Waals surface area contributed by atoms with Crippen LogP contribution in [0.4, 0.5) is 8.78 Å². The minimum Gasteiger partial charge on any atom is -0.417 e. The second-order valence-electron chi connectivity index (χ2n) is 7.26. The summed E-state index contributed by atoms with van der Waals surface area (Å²) < 4.78 is 34.4. The molecule has 0 radical (unpaired) electrons. The first-order valence-electron chi connectivity index (χ1n) is 9.67. The van der Waals surface area contributed by atoms with E-state index in [2.05, 4.69) is 25.5 Å². The van der Waals surface area contributed by atoms with Gasteiger partial charge in [0.2, 0.25) is 5.89 Å². The minimum atomic E-state index is -0.672. The molecule has 0 aliphatic rings. The number of benzene rings is 2. The van der Waals surface area contributed by atoms with Gasteiger partial charge in [0.1, 0.15) is 17.2 Å². The Labute approximate surface area is 194 Å². The van der Waals surface area contributed by atoms with Gasteiger partial charge in [0, 0.05) is 35.4 Å².